The highest BCUT2D eigenvalue weighted by Gasteiger charge is 2.45. The molecule has 0 radical (unpaired) electrons. The third-order valence-electron chi connectivity index (χ3n) is 5.57. The number of carbonyl (C=O) groups excluding carboxylic acids is 1. The summed E-state index contributed by atoms with van der Waals surface area (Å²) in [5, 5.41) is 0. The van der Waals surface area contributed by atoms with Crippen molar-refractivity contribution < 1.29 is 13.2 Å². The Morgan fingerprint density at radius 1 is 0.867 bits per heavy atom. The third kappa shape index (κ3) is 3.57. The molecule has 3 aromatic carbocycles. The van der Waals surface area contributed by atoms with Crippen LogP contribution in [0.1, 0.15) is 23.5 Å². The van der Waals surface area contributed by atoms with Crippen molar-refractivity contribution in [3.63, 3.8) is 0 Å². The van der Waals surface area contributed by atoms with Crippen LogP contribution >= 0.6 is 0 Å². The average Bonchev–Trinajstić information content (AvgIpc) is 3.04. The van der Waals surface area contributed by atoms with E-state index in [2.05, 4.69) is 6.58 Å². The molecule has 30 heavy (non-hydrogen) atoms. The van der Waals surface area contributed by atoms with Crippen LogP contribution in [0.4, 0.5) is 5.69 Å². The Bertz CT molecular complexity index is 1170. The first-order valence-electron chi connectivity index (χ1n) is 9.82. The van der Waals surface area contributed by atoms with Crippen LogP contribution in [-0.4, -0.2) is 20.2 Å². The largest absolute Gasteiger partial charge is 0.294 e. The summed E-state index contributed by atoms with van der Waals surface area (Å²) in [7, 11) is -3.93. The molecular formula is C25H23NO3S. The number of carbonyl (C=O) groups is 1. The minimum absolute atomic E-state index is 0.103. The van der Waals surface area contributed by atoms with Gasteiger partial charge in [0.15, 0.2) is 5.78 Å². The van der Waals surface area contributed by atoms with Gasteiger partial charge in [-0.1, -0.05) is 72.8 Å². The number of ketones is 1. The second-order valence-electron chi connectivity index (χ2n) is 7.56. The summed E-state index contributed by atoms with van der Waals surface area (Å²) in [4.78, 5) is 12.9. The van der Waals surface area contributed by atoms with E-state index in [0.717, 1.165) is 11.1 Å². The lowest BCUT2D eigenvalue weighted by Crippen LogP contribution is -2.43. The highest BCUT2D eigenvalue weighted by atomic mass is 32.2. The van der Waals surface area contributed by atoms with E-state index < -0.39 is 16.1 Å². The molecule has 0 saturated heterocycles. The maximum absolute atomic E-state index is 13.8. The van der Waals surface area contributed by atoms with Crippen LogP contribution in [0.3, 0.4) is 0 Å². The van der Waals surface area contributed by atoms with E-state index in [9.17, 15) is 13.2 Å². The summed E-state index contributed by atoms with van der Waals surface area (Å²) >= 11 is 0. The fourth-order valence-electron chi connectivity index (χ4n) is 4.00. The zero-order valence-corrected chi connectivity index (χ0v) is 17.5. The molecule has 152 valence electrons. The Kier molecular flexibility index (Phi) is 5.31. The third-order valence-corrected chi connectivity index (χ3v) is 7.39. The number of hydrogen-bond donors (Lipinski definition) is 0. The molecule has 0 aromatic heterocycles. The van der Waals surface area contributed by atoms with E-state index in [1.807, 2.05) is 43.3 Å². The van der Waals surface area contributed by atoms with Crippen LogP contribution < -0.4 is 4.31 Å². The van der Waals surface area contributed by atoms with Gasteiger partial charge in [0.1, 0.15) is 0 Å². The normalized spacial score (nSPS) is 19.1. The Hall–Kier alpha value is -3.18. The average molecular weight is 418 g/mol. The van der Waals surface area contributed by atoms with Crippen molar-refractivity contribution in [3.8, 4) is 0 Å². The van der Waals surface area contributed by atoms with Crippen molar-refractivity contribution in [1.82, 2.24) is 0 Å². The SMILES string of the molecule is C=C1C(=O)C[C@H](c2ccccc2)[C@H]1N(c1ccccc1)S(=O)(=O)c1ccc(C)cc1. The van der Waals surface area contributed by atoms with Gasteiger partial charge in [-0.05, 0) is 36.8 Å². The Morgan fingerprint density at radius 2 is 1.43 bits per heavy atom. The Labute approximate surface area is 177 Å². The highest BCUT2D eigenvalue weighted by molar-refractivity contribution is 7.92. The van der Waals surface area contributed by atoms with E-state index in [4.69, 9.17) is 0 Å². The first kappa shape index (κ1) is 20.1. The van der Waals surface area contributed by atoms with Gasteiger partial charge < -0.3 is 0 Å². The first-order valence-corrected chi connectivity index (χ1v) is 11.3. The van der Waals surface area contributed by atoms with E-state index in [-0.39, 0.29) is 23.0 Å². The van der Waals surface area contributed by atoms with E-state index >= 15 is 0 Å². The number of rotatable bonds is 5. The zero-order valence-electron chi connectivity index (χ0n) is 16.7. The highest BCUT2D eigenvalue weighted by Crippen LogP contribution is 2.42. The molecule has 0 N–H and O–H groups in total. The molecule has 0 unspecified atom stereocenters. The van der Waals surface area contributed by atoms with Gasteiger partial charge in [0, 0.05) is 17.9 Å². The quantitative estimate of drug-likeness (QED) is 0.557. The molecule has 1 fully saturated rings. The standard InChI is InChI=1S/C25H23NO3S/c1-18-13-15-22(16-14-18)30(28,29)26(21-11-7-4-8-12-21)25-19(2)24(27)17-23(25)20-9-5-3-6-10-20/h3-16,23,25H,2,17H2,1H3/t23-,25+/m1/s1. The van der Waals surface area contributed by atoms with E-state index in [0.29, 0.717) is 11.3 Å². The minimum atomic E-state index is -3.93. The fourth-order valence-corrected chi connectivity index (χ4v) is 5.68. The monoisotopic (exact) mass is 417 g/mol. The molecule has 2 atom stereocenters. The number of benzene rings is 3. The first-order chi connectivity index (χ1) is 14.4. The van der Waals surface area contributed by atoms with Crippen LogP contribution in [0.15, 0.2) is 102 Å². The predicted molar refractivity (Wildman–Crippen MR) is 119 cm³/mol. The van der Waals surface area contributed by atoms with Crippen LogP contribution in [0.2, 0.25) is 0 Å². The second-order valence-corrected chi connectivity index (χ2v) is 9.38. The molecule has 1 saturated carbocycles. The number of para-hydroxylation sites is 1. The lowest BCUT2D eigenvalue weighted by Gasteiger charge is -2.34. The summed E-state index contributed by atoms with van der Waals surface area (Å²) in [6.07, 6.45) is 0.236. The Balaban J connectivity index is 1.90. The predicted octanol–water partition coefficient (Wildman–Crippen LogP) is 4.87. The number of aryl methyl sites for hydroxylation is 1. The van der Waals surface area contributed by atoms with Crippen LogP contribution in [0, 0.1) is 6.92 Å². The molecule has 0 heterocycles. The molecule has 5 heteroatoms. The van der Waals surface area contributed by atoms with Gasteiger partial charge in [0.05, 0.1) is 16.6 Å². The van der Waals surface area contributed by atoms with Gasteiger partial charge in [-0.2, -0.15) is 0 Å². The molecule has 1 aliphatic rings. The van der Waals surface area contributed by atoms with Crippen molar-refractivity contribution in [3.05, 3.63) is 108 Å². The van der Waals surface area contributed by atoms with Crippen molar-refractivity contribution in [2.75, 3.05) is 4.31 Å². The Morgan fingerprint density at radius 3 is 2.03 bits per heavy atom. The fraction of sp³-hybridized carbons (Fsp3) is 0.160. The van der Waals surface area contributed by atoms with Crippen molar-refractivity contribution in [1.29, 1.82) is 0 Å². The summed E-state index contributed by atoms with van der Waals surface area (Å²) in [5.74, 6) is -0.402. The van der Waals surface area contributed by atoms with Crippen LogP contribution in [0.5, 0.6) is 0 Å². The number of sulfonamides is 1. The van der Waals surface area contributed by atoms with Gasteiger partial charge in [-0.3, -0.25) is 9.10 Å². The lowest BCUT2D eigenvalue weighted by molar-refractivity contribution is -0.114. The maximum Gasteiger partial charge on any atom is 0.264 e. The summed E-state index contributed by atoms with van der Waals surface area (Å²) in [6, 6.07) is 24.6. The molecule has 3 aromatic rings. The molecule has 4 rings (SSSR count). The van der Waals surface area contributed by atoms with Gasteiger partial charge >= 0.3 is 0 Å². The molecular weight excluding hydrogens is 394 g/mol. The molecule has 1 aliphatic carbocycles. The number of anilines is 1. The van der Waals surface area contributed by atoms with E-state index in [1.165, 1.54) is 4.31 Å². The smallest absolute Gasteiger partial charge is 0.264 e. The van der Waals surface area contributed by atoms with Crippen LogP contribution in [-0.2, 0) is 14.8 Å². The molecule has 4 nitrogen and oxygen atoms in total. The maximum atomic E-state index is 13.8. The summed E-state index contributed by atoms with van der Waals surface area (Å²) in [5.41, 5.74) is 2.74. The van der Waals surface area contributed by atoms with Gasteiger partial charge in [0.25, 0.3) is 10.0 Å². The van der Waals surface area contributed by atoms with E-state index in [1.54, 1.807) is 48.5 Å². The summed E-state index contributed by atoms with van der Waals surface area (Å²) < 4.78 is 29.0. The number of nitrogens with zero attached hydrogens (tertiary/aromatic N) is 1. The summed E-state index contributed by atoms with van der Waals surface area (Å²) in [6.45, 7) is 5.92. The number of Topliss-reactive ketones (excluding diaryl/α,β-unsaturated/α-hetero) is 1. The van der Waals surface area contributed by atoms with Crippen molar-refractivity contribution >= 4 is 21.5 Å². The van der Waals surface area contributed by atoms with Crippen LogP contribution in [0.25, 0.3) is 0 Å². The molecule has 0 amide bonds. The topological polar surface area (TPSA) is 54.5 Å². The molecule has 0 spiro atoms. The van der Waals surface area contributed by atoms with Crippen molar-refractivity contribution in [2.24, 2.45) is 0 Å². The van der Waals surface area contributed by atoms with Gasteiger partial charge in [-0.25, -0.2) is 8.42 Å². The lowest BCUT2D eigenvalue weighted by atomic mass is 9.93. The number of hydrogen-bond acceptors (Lipinski definition) is 3. The zero-order chi connectivity index (χ0) is 21.3. The molecule has 0 aliphatic heterocycles. The second kappa shape index (κ2) is 7.92. The molecule has 0 bridgehead atoms. The minimum Gasteiger partial charge on any atom is -0.294 e. The van der Waals surface area contributed by atoms with Crippen molar-refractivity contribution in [2.45, 2.75) is 30.2 Å². The van der Waals surface area contributed by atoms with Gasteiger partial charge in [-0.15, -0.1) is 0 Å². The van der Waals surface area contributed by atoms with Gasteiger partial charge in [0.2, 0.25) is 0 Å².